The van der Waals surface area contributed by atoms with Gasteiger partial charge in [0, 0.05) is 48.1 Å². The van der Waals surface area contributed by atoms with Crippen molar-refractivity contribution in [1.82, 2.24) is 34.8 Å². The molecule has 37 heavy (non-hydrogen) atoms. The molecule has 0 amide bonds. The zero-order valence-corrected chi connectivity index (χ0v) is 22.0. The number of rotatable bonds is 6. The monoisotopic (exact) mass is 535 g/mol. The highest BCUT2D eigenvalue weighted by molar-refractivity contribution is 6.35. The maximum absolute atomic E-state index is 9.65. The maximum atomic E-state index is 9.65. The molecule has 2 aliphatic heterocycles. The van der Waals surface area contributed by atoms with E-state index in [0.717, 1.165) is 44.1 Å². The quantitative estimate of drug-likeness (QED) is 0.382. The molecule has 2 saturated heterocycles. The van der Waals surface area contributed by atoms with Gasteiger partial charge >= 0.3 is 0 Å². The Balaban J connectivity index is 1.19. The number of aromatic amines is 1. The predicted octanol–water partition coefficient (Wildman–Crippen LogP) is 4.69. The van der Waals surface area contributed by atoms with E-state index in [1.807, 2.05) is 25.3 Å². The number of hydrogen-bond acceptors (Lipinski definition) is 7. The van der Waals surface area contributed by atoms with E-state index in [-0.39, 0.29) is 11.7 Å². The molecule has 11 heteroatoms. The van der Waals surface area contributed by atoms with Gasteiger partial charge in [0.1, 0.15) is 17.4 Å². The van der Waals surface area contributed by atoms with Crippen molar-refractivity contribution >= 4 is 40.2 Å². The minimum Gasteiger partial charge on any atom is -0.355 e. The number of halogens is 2. The number of nitrogens with zero attached hydrogens (tertiary/aromatic N) is 8. The molecule has 0 saturated carbocycles. The van der Waals surface area contributed by atoms with Gasteiger partial charge in [-0.15, -0.1) is 0 Å². The molecule has 4 aromatic rings. The van der Waals surface area contributed by atoms with Crippen molar-refractivity contribution in [3.8, 4) is 6.07 Å². The first-order valence-electron chi connectivity index (χ1n) is 12.6. The number of nitriles is 1. The fourth-order valence-corrected chi connectivity index (χ4v) is 6.17. The highest BCUT2D eigenvalue weighted by Gasteiger charge is 2.37. The number of aromatic nitrogens is 6. The summed E-state index contributed by atoms with van der Waals surface area (Å²) in [5, 5.41) is 22.5. The summed E-state index contributed by atoms with van der Waals surface area (Å²) in [6.45, 7) is 7.07. The van der Waals surface area contributed by atoms with E-state index in [4.69, 9.17) is 28.2 Å². The lowest BCUT2D eigenvalue weighted by Gasteiger charge is -2.47. The number of hydrogen-bond donors (Lipinski definition) is 1. The SMILES string of the molecule is C[C@H](c1ccc(Cl)cc1Cl)n1nc(C#N)c2ncc(N3CC(C4CCCN(Cc5ccn[nH]5)C4)C3)nc21. The average molecular weight is 536 g/mol. The van der Waals surface area contributed by atoms with Crippen LogP contribution in [0.2, 0.25) is 10.0 Å². The van der Waals surface area contributed by atoms with Crippen molar-refractivity contribution in [1.29, 1.82) is 5.26 Å². The van der Waals surface area contributed by atoms with E-state index in [9.17, 15) is 5.26 Å². The summed E-state index contributed by atoms with van der Waals surface area (Å²) < 4.78 is 1.74. The summed E-state index contributed by atoms with van der Waals surface area (Å²) in [7, 11) is 0. The number of benzene rings is 1. The highest BCUT2D eigenvalue weighted by atomic mass is 35.5. The van der Waals surface area contributed by atoms with Gasteiger partial charge in [0.05, 0.1) is 12.2 Å². The van der Waals surface area contributed by atoms with Crippen LogP contribution in [0.1, 0.15) is 42.8 Å². The van der Waals surface area contributed by atoms with Crippen LogP contribution in [0.15, 0.2) is 36.7 Å². The van der Waals surface area contributed by atoms with Crippen LogP contribution in [0.25, 0.3) is 11.2 Å². The second-order valence-electron chi connectivity index (χ2n) is 10.0. The molecule has 0 radical (unpaired) electrons. The molecule has 9 nitrogen and oxygen atoms in total. The Kier molecular flexibility index (Phi) is 6.49. The van der Waals surface area contributed by atoms with Crippen LogP contribution < -0.4 is 4.90 Å². The second kappa shape index (κ2) is 9.93. The van der Waals surface area contributed by atoms with Gasteiger partial charge in [-0.2, -0.15) is 15.5 Å². The van der Waals surface area contributed by atoms with Gasteiger partial charge in [0.2, 0.25) is 0 Å². The lowest BCUT2D eigenvalue weighted by Crippen LogP contribution is -2.53. The first kappa shape index (κ1) is 24.2. The van der Waals surface area contributed by atoms with Crippen LogP contribution in [0, 0.1) is 23.2 Å². The third kappa shape index (κ3) is 4.65. The van der Waals surface area contributed by atoms with Gasteiger partial charge in [-0.1, -0.05) is 29.3 Å². The second-order valence-corrected chi connectivity index (χ2v) is 10.9. The highest BCUT2D eigenvalue weighted by Crippen LogP contribution is 2.35. The summed E-state index contributed by atoms with van der Waals surface area (Å²) in [5.74, 6) is 2.12. The fourth-order valence-electron chi connectivity index (χ4n) is 5.60. The van der Waals surface area contributed by atoms with E-state index in [1.54, 1.807) is 23.0 Å². The molecule has 0 aliphatic carbocycles. The Morgan fingerprint density at radius 3 is 2.81 bits per heavy atom. The van der Waals surface area contributed by atoms with E-state index in [0.29, 0.717) is 33.0 Å². The van der Waals surface area contributed by atoms with Crippen LogP contribution in [0.4, 0.5) is 5.82 Å². The summed E-state index contributed by atoms with van der Waals surface area (Å²) in [5.41, 5.74) is 3.36. The Bertz CT molecular complexity index is 1450. The number of piperidine rings is 1. The number of fused-ring (bicyclic) bond motifs is 1. The summed E-state index contributed by atoms with van der Waals surface area (Å²) in [6, 6.07) is 9.35. The van der Waals surface area contributed by atoms with Crippen LogP contribution >= 0.6 is 23.2 Å². The average Bonchev–Trinajstić information content (AvgIpc) is 3.50. The molecule has 3 aromatic heterocycles. The third-order valence-electron chi connectivity index (χ3n) is 7.67. The molecule has 0 spiro atoms. The van der Waals surface area contributed by atoms with Crippen LogP contribution in [-0.4, -0.2) is 61.0 Å². The Hall–Kier alpha value is -3.19. The molecule has 5 heterocycles. The van der Waals surface area contributed by atoms with Crippen LogP contribution in [-0.2, 0) is 6.54 Å². The minimum atomic E-state index is -0.244. The zero-order chi connectivity index (χ0) is 25.5. The number of nitrogens with one attached hydrogen (secondary N) is 1. The van der Waals surface area contributed by atoms with E-state index in [1.165, 1.54) is 18.5 Å². The maximum Gasteiger partial charge on any atom is 0.190 e. The molecular weight excluding hydrogens is 509 g/mol. The Labute approximate surface area is 225 Å². The molecule has 2 atom stereocenters. The lowest BCUT2D eigenvalue weighted by molar-refractivity contribution is 0.113. The summed E-state index contributed by atoms with van der Waals surface area (Å²) in [4.78, 5) is 14.3. The predicted molar refractivity (Wildman–Crippen MR) is 143 cm³/mol. The van der Waals surface area contributed by atoms with Crippen LogP contribution in [0.5, 0.6) is 0 Å². The molecular formula is C26H27Cl2N9. The minimum absolute atomic E-state index is 0.244. The van der Waals surface area contributed by atoms with Gasteiger partial charge in [-0.25, -0.2) is 14.6 Å². The first-order chi connectivity index (χ1) is 18.0. The topological polar surface area (TPSA) is 103 Å². The smallest absolute Gasteiger partial charge is 0.190 e. The van der Waals surface area contributed by atoms with Crippen molar-refractivity contribution in [3.05, 3.63) is 63.7 Å². The van der Waals surface area contributed by atoms with Gasteiger partial charge in [0.25, 0.3) is 0 Å². The number of anilines is 1. The first-order valence-corrected chi connectivity index (χ1v) is 13.3. The van der Waals surface area contributed by atoms with Crippen molar-refractivity contribution in [2.45, 2.75) is 32.4 Å². The van der Waals surface area contributed by atoms with E-state index < -0.39 is 0 Å². The lowest BCUT2D eigenvalue weighted by atomic mass is 9.80. The molecule has 1 aromatic carbocycles. The standard InChI is InChI=1S/C26H27Cl2N9/c1-16(21-5-4-19(27)9-22(21)28)37-26-25(23(10-29)34-37)30-11-24(32-26)36-13-18(14-36)17-3-2-8-35(12-17)15-20-6-7-31-33-20/h4-7,9,11,16-18H,2-3,8,12-15H2,1H3,(H,31,33)/t16-,17?/m1/s1. The third-order valence-corrected chi connectivity index (χ3v) is 8.23. The molecule has 2 fully saturated rings. The normalized spacial score (nSPS) is 19.6. The molecule has 1 unspecified atom stereocenters. The molecule has 2 aliphatic rings. The molecule has 190 valence electrons. The zero-order valence-electron chi connectivity index (χ0n) is 20.5. The molecule has 0 bridgehead atoms. The fraction of sp³-hybridized carbons (Fsp3) is 0.423. The summed E-state index contributed by atoms with van der Waals surface area (Å²) in [6.07, 6.45) is 6.06. The van der Waals surface area contributed by atoms with Crippen molar-refractivity contribution < 1.29 is 0 Å². The van der Waals surface area contributed by atoms with Crippen molar-refractivity contribution in [3.63, 3.8) is 0 Å². The Morgan fingerprint density at radius 2 is 2.05 bits per heavy atom. The van der Waals surface area contributed by atoms with Gasteiger partial charge in [0.15, 0.2) is 11.3 Å². The van der Waals surface area contributed by atoms with Crippen LogP contribution in [0.3, 0.4) is 0 Å². The van der Waals surface area contributed by atoms with Gasteiger partial charge < -0.3 is 4.90 Å². The van der Waals surface area contributed by atoms with Gasteiger partial charge in [-0.3, -0.25) is 10.00 Å². The molecule has 1 N–H and O–H groups in total. The number of likely N-dealkylation sites (tertiary alicyclic amines) is 1. The van der Waals surface area contributed by atoms with Gasteiger partial charge in [-0.05, 0) is 61.9 Å². The van der Waals surface area contributed by atoms with E-state index >= 15 is 0 Å². The number of H-pyrrole nitrogens is 1. The van der Waals surface area contributed by atoms with Crippen molar-refractivity contribution in [2.75, 3.05) is 31.1 Å². The molecule has 6 rings (SSSR count). The van der Waals surface area contributed by atoms with E-state index in [2.05, 4.69) is 36.1 Å². The largest absolute Gasteiger partial charge is 0.355 e. The Morgan fingerprint density at radius 1 is 1.19 bits per heavy atom. The van der Waals surface area contributed by atoms with Crippen molar-refractivity contribution in [2.24, 2.45) is 11.8 Å². The summed E-state index contributed by atoms with van der Waals surface area (Å²) >= 11 is 12.6.